The Morgan fingerprint density at radius 1 is 0.944 bits per heavy atom. The van der Waals surface area contributed by atoms with Gasteiger partial charge in [-0.15, -0.1) is 0 Å². The summed E-state index contributed by atoms with van der Waals surface area (Å²) in [6.45, 7) is 1.11. The van der Waals surface area contributed by atoms with E-state index in [1.54, 1.807) is 0 Å². The standard InChI is InChI=1S/C16H17NO/c17-12-6-10-15-9-4-5-11-16(15)18-13-14-7-2-1-3-8-14/h1-11H,12-13,17H2. The number of nitrogens with two attached hydrogens (primary N) is 1. The Morgan fingerprint density at radius 2 is 1.67 bits per heavy atom. The SMILES string of the molecule is NCC=Cc1ccccc1OCc1ccccc1. The van der Waals surface area contributed by atoms with Crippen molar-refractivity contribution in [1.82, 2.24) is 0 Å². The molecule has 0 saturated carbocycles. The minimum Gasteiger partial charge on any atom is -0.488 e. The molecule has 0 aliphatic rings. The molecule has 0 aliphatic heterocycles. The van der Waals surface area contributed by atoms with Crippen LogP contribution in [-0.4, -0.2) is 6.54 Å². The van der Waals surface area contributed by atoms with Crippen LogP contribution in [0.15, 0.2) is 60.7 Å². The molecular formula is C16H17NO. The van der Waals surface area contributed by atoms with Gasteiger partial charge in [-0.05, 0) is 11.6 Å². The summed E-state index contributed by atoms with van der Waals surface area (Å²) in [5.41, 5.74) is 7.68. The van der Waals surface area contributed by atoms with Crippen LogP contribution in [0.5, 0.6) is 5.75 Å². The molecule has 92 valence electrons. The van der Waals surface area contributed by atoms with E-state index in [2.05, 4.69) is 12.1 Å². The Labute approximate surface area is 108 Å². The van der Waals surface area contributed by atoms with Gasteiger partial charge in [0.15, 0.2) is 0 Å². The zero-order chi connectivity index (χ0) is 12.6. The minimum atomic E-state index is 0.535. The smallest absolute Gasteiger partial charge is 0.127 e. The summed E-state index contributed by atoms with van der Waals surface area (Å²) in [6.07, 6.45) is 3.91. The van der Waals surface area contributed by atoms with Crippen LogP contribution in [0.4, 0.5) is 0 Å². The highest BCUT2D eigenvalue weighted by molar-refractivity contribution is 5.57. The predicted molar refractivity (Wildman–Crippen MR) is 75.3 cm³/mol. The molecule has 18 heavy (non-hydrogen) atoms. The third-order valence-electron chi connectivity index (χ3n) is 2.59. The van der Waals surface area contributed by atoms with E-state index in [-0.39, 0.29) is 0 Å². The molecule has 0 saturated heterocycles. The highest BCUT2D eigenvalue weighted by atomic mass is 16.5. The van der Waals surface area contributed by atoms with Crippen LogP contribution >= 0.6 is 0 Å². The molecule has 0 aliphatic carbocycles. The van der Waals surface area contributed by atoms with Gasteiger partial charge in [-0.1, -0.05) is 60.7 Å². The summed E-state index contributed by atoms with van der Waals surface area (Å²) in [5, 5.41) is 0. The van der Waals surface area contributed by atoms with Gasteiger partial charge in [-0.3, -0.25) is 0 Å². The van der Waals surface area contributed by atoms with Crippen molar-refractivity contribution in [3.05, 3.63) is 71.8 Å². The van der Waals surface area contributed by atoms with Crippen LogP contribution < -0.4 is 10.5 Å². The molecule has 2 aromatic rings. The van der Waals surface area contributed by atoms with Gasteiger partial charge in [0.1, 0.15) is 12.4 Å². The molecule has 0 spiro atoms. The van der Waals surface area contributed by atoms with E-state index in [4.69, 9.17) is 10.5 Å². The second kappa shape index (κ2) is 6.62. The third kappa shape index (κ3) is 3.47. The zero-order valence-corrected chi connectivity index (χ0v) is 10.3. The monoisotopic (exact) mass is 239 g/mol. The van der Waals surface area contributed by atoms with E-state index in [0.29, 0.717) is 13.2 Å². The summed E-state index contributed by atoms with van der Waals surface area (Å²) in [5.74, 6) is 0.881. The molecule has 0 aromatic heterocycles. The van der Waals surface area contributed by atoms with Crippen molar-refractivity contribution in [2.24, 2.45) is 5.73 Å². The molecule has 0 radical (unpaired) electrons. The minimum absolute atomic E-state index is 0.535. The molecule has 0 fully saturated rings. The maximum Gasteiger partial charge on any atom is 0.127 e. The largest absolute Gasteiger partial charge is 0.488 e. The van der Waals surface area contributed by atoms with Crippen molar-refractivity contribution in [2.75, 3.05) is 6.54 Å². The van der Waals surface area contributed by atoms with Crippen molar-refractivity contribution in [3.63, 3.8) is 0 Å². The molecule has 2 rings (SSSR count). The molecule has 0 bridgehead atoms. The Balaban J connectivity index is 2.07. The van der Waals surface area contributed by atoms with E-state index in [1.807, 2.05) is 54.6 Å². The summed E-state index contributed by atoms with van der Waals surface area (Å²) < 4.78 is 5.83. The number of benzene rings is 2. The fraction of sp³-hybridized carbons (Fsp3) is 0.125. The maximum atomic E-state index is 5.83. The first kappa shape index (κ1) is 12.4. The molecule has 2 heteroatoms. The average molecular weight is 239 g/mol. The molecule has 0 heterocycles. The number of hydrogen-bond donors (Lipinski definition) is 1. The summed E-state index contributed by atoms with van der Waals surface area (Å²) in [4.78, 5) is 0. The Bertz CT molecular complexity index is 506. The van der Waals surface area contributed by atoms with Gasteiger partial charge in [-0.25, -0.2) is 0 Å². The summed E-state index contributed by atoms with van der Waals surface area (Å²) in [7, 11) is 0. The fourth-order valence-electron chi connectivity index (χ4n) is 1.68. The molecule has 0 amide bonds. The van der Waals surface area contributed by atoms with Gasteiger partial charge in [-0.2, -0.15) is 0 Å². The van der Waals surface area contributed by atoms with Crippen molar-refractivity contribution in [3.8, 4) is 5.75 Å². The molecule has 0 unspecified atom stereocenters. The van der Waals surface area contributed by atoms with Crippen molar-refractivity contribution < 1.29 is 4.74 Å². The van der Waals surface area contributed by atoms with Crippen LogP contribution in [0.1, 0.15) is 11.1 Å². The average Bonchev–Trinajstić information content (AvgIpc) is 2.45. The summed E-state index contributed by atoms with van der Waals surface area (Å²) in [6, 6.07) is 18.1. The second-order valence-corrected chi connectivity index (χ2v) is 3.95. The number of hydrogen-bond acceptors (Lipinski definition) is 2. The van der Waals surface area contributed by atoms with E-state index >= 15 is 0 Å². The molecule has 2 N–H and O–H groups in total. The zero-order valence-electron chi connectivity index (χ0n) is 10.3. The summed E-state index contributed by atoms with van der Waals surface area (Å²) >= 11 is 0. The van der Waals surface area contributed by atoms with Gasteiger partial charge >= 0.3 is 0 Å². The Kier molecular flexibility index (Phi) is 4.56. The van der Waals surface area contributed by atoms with Gasteiger partial charge in [0.05, 0.1) is 0 Å². The number of rotatable bonds is 5. The Hall–Kier alpha value is -2.06. The van der Waals surface area contributed by atoms with E-state index < -0.39 is 0 Å². The van der Waals surface area contributed by atoms with Crippen LogP contribution in [0.2, 0.25) is 0 Å². The van der Waals surface area contributed by atoms with Crippen LogP contribution in [0.25, 0.3) is 6.08 Å². The van der Waals surface area contributed by atoms with Gasteiger partial charge in [0, 0.05) is 12.1 Å². The maximum absolute atomic E-state index is 5.83. The van der Waals surface area contributed by atoms with Crippen molar-refractivity contribution in [2.45, 2.75) is 6.61 Å². The number of para-hydroxylation sites is 1. The highest BCUT2D eigenvalue weighted by Crippen LogP contribution is 2.20. The molecule has 0 atom stereocenters. The van der Waals surface area contributed by atoms with E-state index in [9.17, 15) is 0 Å². The topological polar surface area (TPSA) is 35.2 Å². The van der Waals surface area contributed by atoms with Gasteiger partial charge in [0.25, 0.3) is 0 Å². The lowest BCUT2D eigenvalue weighted by Crippen LogP contribution is -1.97. The third-order valence-corrected chi connectivity index (χ3v) is 2.59. The van der Waals surface area contributed by atoms with Crippen molar-refractivity contribution >= 4 is 6.08 Å². The normalized spacial score (nSPS) is 10.7. The number of ether oxygens (including phenoxy) is 1. The molecule has 2 nitrogen and oxygen atoms in total. The fourth-order valence-corrected chi connectivity index (χ4v) is 1.68. The van der Waals surface area contributed by atoms with Gasteiger partial charge < -0.3 is 10.5 Å². The lowest BCUT2D eigenvalue weighted by Gasteiger charge is -2.09. The highest BCUT2D eigenvalue weighted by Gasteiger charge is 1.99. The van der Waals surface area contributed by atoms with E-state index in [0.717, 1.165) is 16.9 Å². The predicted octanol–water partition coefficient (Wildman–Crippen LogP) is 3.24. The van der Waals surface area contributed by atoms with E-state index in [1.165, 1.54) is 0 Å². The quantitative estimate of drug-likeness (QED) is 0.869. The molecule has 2 aromatic carbocycles. The van der Waals surface area contributed by atoms with Crippen LogP contribution in [0, 0.1) is 0 Å². The Morgan fingerprint density at radius 3 is 2.44 bits per heavy atom. The van der Waals surface area contributed by atoms with Gasteiger partial charge in [0.2, 0.25) is 0 Å². The van der Waals surface area contributed by atoms with Crippen LogP contribution in [-0.2, 0) is 6.61 Å². The second-order valence-electron chi connectivity index (χ2n) is 3.95. The molecular weight excluding hydrogens is 222 g/mol. The first-order valence-electron chi connectivity index (χ1n) is 6.02. The first-order valence-corrected chi connectivity index (χ1v) is 6.02. The lowest BCUT2D eigenvalue weighted by molar-refractivity contribution is 0.305. The lowest BCUT2D eigenvalue weighted by atomic mass is 10.2. The van der Waals surface area contributed by atoms with Crippen LogP contribution in [0.3, 0.4) is 0 Å². The van der Waals surface area contributed by atoms with Crippen molar-refractivity contribution in [1.29, 1.82) is 0 Å². The first-order chi connectivity index (χ1) is 8.90.